The van der Waals surface area contributed by atoms with Crippen molar-refractivity contribution in [1.29, 1.82) is 0 Å². The molecular formula is C15H22N4. The van der Waals surface area contributed by atoms with Gasteiger partial charge in [0.05, 0.1) is 5.69 Å². The standard InChI is InChI=1S/C15H22N4/c1-2-5-14-10-16-7-9-18(14)11-13-12-19-8-4-3-6-15(19)17-13/h3-4,6,8,12,14,16H,2,5,7,9-11H2,1H3. The first-order valence-corrected chi connectivity index (χ1v) is 7.24. The van der Waals surface area contributed by atoms with E-state index in [1.807, 2.05) is 12.1 Å². The number of rotatable bonds is 4. The van der Waals surface area contributed by atoms with E-state index in [1.54, 1.807) is 0 Å². The predicted octanol–water partition coefficient (Wildman–Crippen LogP) is 1.91. The molecule has 2 aromatic rings. The summed E-state index contributed by atoms with van der Waals surface area (Å²) in [6, 6.07) is 6.80. The van der Waals surface area contributed by atoms with Crippen LogP contribution in [-0.4, -0.2) is 40.0 Å². The lowest BCUT2D eigenvalue weighted by atomic mass is 10.1. The monoisotopic (exact) mass is 258 g/mol. The van der Waals surface area contributed by atoms with Crippen LogP contribution >= 0.6 is 0 Å². The molecule has 1 aliphatic heterocycles. The van der Waals surface area contributed by atoms with Crippen LogP contribution in [0.25, 0.3) is 5.65 Å². The Hall–Kier alpha value is -1.39. The molecule has 1 aliphatic rings. The minimum atomic E-state index is 0.656. The van der Waals surface area contributed by atoms with E-state index < -0.39 is 0 Å². The lowest BCUT2D eigenvalue weighted by molar-refractivity contribution is 0.143. The highest BCUT2D eigenvalue weighted by atomic mass is 15.2. The van der Waals surface area contributed by atoms with E-state index >= 15 is 0 Å². The fourth-order valence-electron chi connectivity index (χ4n) is 2.90. The van der Waals surface area contributed by atoms with Crippen molar-refractivity contribution in [3.8, 4) is 0 Å². The molecule has 0 spiro atoms. The van der Waals surface area contributed by atoms with Gasteiger partial charge in [0.15, 0.2) is 0 Å². The molecule has 1 atom stereocenters. The van der Waals surface area contributed by atoms with E-state index in [2.05, 4.69) is 40.0 Å². The van der Waals surface area contributed by atoms with Gasteiger partial charge < -0.3 is 9.72 Å². The van der Waals surface area contributed by atoms with Gasteiger partial charge in [-0.05, 0) is 18.6 Å². The Morgan fingerprint density at radius 2 is 2.37 bits per heavy atom. The summed E-state index contributed by atoms with van der Waals surface area (Å²) < 4.78 is 2.10. The van der Waals surface area contributed by atoms with Gasteiger partial charge in [-0.1, -0.05) is 19.4 Å². The van der Waals surface area contributed by atoms with E-state index in [-0.39, 0.29) is 0 Å². The number of hydrogen-bond acceptors (Lipinski definition) is 3. The number of fused-ring (bicyclic) bond motifs is 1. The van der Waals surface area contributed by atoms with Crippen LogP contribution in [0.1, 0.15) is 25.5 Å². The van der Waals surface area contributed by atoms with Gasteiger partial charge in [-0.15, -0.1) is 0 Å². The fourth-order valence-corrected chi connectivity index (χ4v) is 2.90. The maximum atomic E-state index is 4.70. The van der Waals surface area contributed by atoms with Crippen molar-refractivity contribution in [1.82, 2.24) is 19.6 Å². The maximum Gasteiger partial charge on any atom is 0.137 e. The zero-order valence-corrected chi connectivity index (χ0v) is 11.5. The molecule has 3 heterocycles. The SMILES string of the molecule is CCCC1CNCCN1Cc1cn2ccccc2n1. The zero-order chi connectivity index (χ0) is 13.1. The van der Waals surface area contributed by atoms with Crippen LogP contribution in [0.4, 0.5) is 0 Å². The van der Waals surface area contributed by atoms with Crippen LogP contribution in [0.15, 0.2) is 30.6 Å². The van der Waals surface area contributed by atoms with E-state index in [4.69, 9.17) is 4.98 Å². The van der Waals surface area contributed by atoms with E-state index in [9.17, 15) is 0 Å². The maximum absolute atomic E-state index is 4.70. The van der Waals surface area contributed by atoms with Crippen molar-refractivity contribution in [2.45, 2.75) is 32.4 Å². The molecule has 0 aliphatic carbocycles. The highest BCUT2D eigenvalue weighted by Gasteiger charge is 2.21. The van der Waals surface area contributed by atoms with Gasteiger partial charge in [0.2, 0.25) is 0 Å². The molecule has 2 aromatic heterocycles. The van der Waals surface area contributed by atoms with Crippen molar-refractivity contribution in [3.63, 3.8) is 0 Å². The first-order valence-electron chi connectivity index (χ1n) is 7.24. The summed E-state index contributed by atoms with van der Waals surface area (Å²) in [5, 5.41) is 3.49. The van der Waals surface area contributed by atoms with Crippen molar-refractivity contribution < 1.29 is 0 Å². The Balaban J connectivity index is 1.75. The zero-order valence-electron chi connectivity index (χ0n) is 11.5. The molecule has 3 rings (SSSR count). The average Bonchev–Trinajstić information content (AvgIpc) is 2.83. The molecule has 1 unspecified atom stereocenters. The van der Waals surface area contributed by atoms with Crippen LogP contribution in [0.3, 0.4) is 0 Å². The molecule has 4 heteroatoms. The first kappa shape index (κ1) is 12.6. The summed E-state index contributed by atoms with van der Waals surface area (Å²) in [4.78, 5) is 7.27. The fraction of sp³-hybridized carbons (Fsp3) is 0.533. The Morgan fingerprint density at radius 3 is 3.21 bits per heavy atom. The van der Waals surface area contributed by atoms with Crippen molar-refractivity contribution in [2.75, 3.05) is 19.6 Å². The van der Waals surface area contributed by atoms with Crippen molar-refractivity contribution >= 4 is 5.65 Å². The molecule has 0 bridgehead atoms. The Morgan fingerprint density at radius 1 is 1.42 bits per heavy atom. The Labute approximate surface area is 114 Å². The van der Waals surface area contributed by atoms with Gasteiger partial charge >= 0.3 is 0 Å². The molecule has 1 saturated heterocycles. The first-order chi connectivity index (χ1) is 9.36. The molecule has 4 nitrogen and oxygen atoms in total. The Bertz CT molecular complexity index is 499. The minimum Gasteiger partial charge on any atom is -0.314 e. The van der Waals surface area contributed by atoms with Gasteiger partial charge in [0.1, 0.15) is 5.65 Å². The number of nitrogens with zero attached hydrogens (tertiary/aromatic N) is 3. The van der Waals surface area contributed by atoms with Crippen LogP contribution in [0.5, 0.6) is 0 Å². The summed E-state index contributed by atoms with van der Waals surface area (Å²) >= 11 is 0. The molecule has 1 N–H and O–H groups in total. The second kappa shape index (κ2) is 5.72. The lowest BCUT2D eigenvalue weighted by Gasteiger charge is -2.35. The predicted molar refractivity (Wildman–Crippen MR) is 77.2 cm³/mol. The number of imidazole rings is 1. The van der Waals surface area contributed by atoms with Crippen LogP contribution < -0.4 is 5.32 Å². The molecule has 1 fully saturated rings. The third kappa shape index (κ3) is 2.80. The second-order valence-electron chi connectivity index (χ2n) is 5.32. The second-order valence-corrected chi connectivity index (χ2v) is 5.32. The smallest absolute Gasteiger partial charge is 0.137 e. The van der Waals surface area contributed by atoms with Crippen LogP contribution in [-0.2, 0) is 6.54 Å². The molecule has 0 radical (unpaired) electrons. The van der Waals surface area contributed by atoms with E-state index in [0.29, 0.717) is 6.04 Å². The largest absolute Gasteiger partial charge is 0.314 e. The van der Waals surface area contributed by atoms with E-state index in [1.165, 1.54) is 18.5 Å². The number of pyridine rings is 1. The summed E-state index contributed by atoms with van der Waals surface area (Å²) in [6.45, 7) is 6.55. The van der Waals surface area contributed by atoms with Crippen LogP contribution in [0, 0.1) is 0 Å². The number of aromatic nitrogens is 2. The van der Waals surface area contributed by atoms with E-state index in [0.717, 1.165) is 31.8 Å². The molecular weight excluding hydrogens is 236 g/mol. The number of piperazine rings is 1. The number of nitrogens with one attached hydrogen (secondary N) is 1. The lowest BCUT2D eigenvalue weighted by Crippen LogP contribution is -2.50. The third-order valence-corrected chi connectivity index (χ3v) is 3.87. The summed E-state index contributed by atoms with van der Waals surface area (Å²) in [7, 11) is 0. The highest BCUT2D eigenvalue weighted by molar-refractivity contribution is 5.39. The van der Waals surface area contributed by atoms with Gasteiger partial charge in [-0.2, -0.15) is 0 Å². The van der Waals surface area contributed by atoms with Gasteiger partial charge in [0, 0.05) is 44.6 Å². The minimum absolute atomic E-state index is 0.656. The quantitative estimate of drug-likeness (QED) is 0.909. The molecule has 0 aromatic carbocycles. The van der Waals surface area contributed by atoms with Crippen LogP contribution in [0.2, 0.25) is 0 Å². The van der Waals surface area contributed by atoms with Crippen molar-refractivity contribution in [2.24, 2.45) is 0 Å². The van der Waals surface area contributed by atoms with Crippen molar-refractivity contribution in [3.05, 3.63) is 36.3 Å². The van der Waals surface area contributed by atoms with Gasteiger partial charge in [0.25, 0.3) is 0 Å². The molecule has 0 amide bonds. The Kier molecular flexibility index (Phi) is 3.80. The molecule has 19 heavy (non-hydrogen) atoms. The topological polar surface area (TPSA) is 32.6 Å². The summed E-state index contributed by atoms with van der Waals surface area (Å²) in [6.07, 6.45) is 6.72. The average molecular weight is 258 g/mol. The third-order valence-electron chi connectivity index (χ3n) is 3.87. The van der Waals surface area contributed by atoms with Gasteiger partial charge in [-0.25, -0.2) is 4.98 Å². The van der Waals surface area contributed by atoms with Gasteiger partial charge in [-0.3, -0.25) is 4.90 Å². The summed E-state index contributed by atoms with van der Waals surface area (Å²) in [5.41, 5.74) is 2.22. The molecule has 102 valence electrons. The highest BCUT2D eigenvalue weighted by Crippen LogP contribution is 2.14. The number of hydrogen-bond donors (Lipinski definition) is 1. The molecule has 0 saturated carbocycles. The summed E-state index contributed by atoms with van der Waals surface area (Å²) in [5.74, 6) is 0. The normalized spacial score (nSPS) is 21.0.